The number of rotatable bonds is 4. The molecule has 0 radical (unpaired) electrons. The van der Waals surface area contributed by atoms with Gasteiger partial charge < -0.3 is 9.64 Å². The molecule has 0 fully saturated rings. The second-order valence-electron chi connectivity index (χ2n) is 16.3. The van der Waals surface area contributed by atoms with Gasteiger partial charge in [0.05, 0.1) is 11.1 Å². The van der Waals surface area contributed by atoms with Crippen molar-refractivity contribution in [2.45, 2.75) is 5.41 Å². The first-order chi connectivity index (χ1) is 30.3. The van der Waals surface area contributed by atoms with Gasteiger partial charge in [-0.3, -0.25) is 0 Å². The number of benzene rings is 10. The van der Waals surface area contributed by atoms with E-state index in [9.17, 15) is 0 Å². The fraction of sp³-hybridized carbons (Fsp3) is 0.0169. The molecule has 2 heteroatoms. The van der Waals surface area contributed by atoms with Crippen molar-refractivity contribution in [3.63, 3.8) is 0 Å². The van der Waals surface area contributed by atoms with Gasteiger partial charge in [0.15, 0.2) is 0 Å². The minimum atomic E-state index is -0.414. The summed E-state index contributed by atoms with van der Waals surface area (Å²) in [4.78, 5) is 2.47. The van der Waals surface area contributed by atoms with E-state index in [1.165, 1.54) is 61.0 Å². The number of para-hydroxylation sites is 1. The lowest BCUT2D eigenvalue weighted by molar-refractivity contribution is 0.488. The summed E-state index contributed by atoms with van der Waals surface area (Å²) in [5.41, 5.74) is 20.1. The van der Waals surface area contributed by atoms with Gasteiger partial charge in [-0.1, -0.05) is 182 Å². The highest BCUT2D eigenvalue weighted by Crippen LogP contribution is 2.63. The maximum absolute atomic E-state index is 6.90. The third-order valence-electron chi connectivity index (χ3n) is 13.3. The highest BCUT2D eigenvalue weighted by atomic mass is 16.5. The molecule has 284 valence electrons. The second kappa shape index (κ2) is 13.0. The third kappa shape index (κ3) is 4.79. The quantitative estimate of drug-likeness (QED) is 0.177. The summed E-state index contributed by atoms with van der Waals surface area (Å²) >= 11 is 0. The first-order valence-electron chi connectivity index (χ1n) is 21.1. The summed E-state index contributed by atoms with van der Waals surface area (Å²) in [5.74, 6) is 1.70. The Labute approximate surface area is 355 Å². The first-order valence-corrected chi connectivity index (χ1v) is 21.1. The van der Waals surface area contributed by atoms with Crippen LogP contribution in [0.4, 0.5) is 17.1 Å². The summed E-state index contributed by atoms with van der Waals surface area (Å²) < 4.78 is 6.90. The average Bonchev–Trinajstić information content (AvgIpc) is 3.73. The molecule has 13 rings (SSSR count). The van der Waals surface area contributed by atoms with Gasteiger partial charge in [0, 0.05) is 28.1 Å². The topological polar surface area (TPSA) is 12.5 Å². The largest absolute Gasteiger partial charge is 0.456 e. The van der Waals surface area contributed by atoms with Crippen LogP contribution in [0.2, 0.25) is 0 Å². The van der Waals surface area contributed by atoms with Crippen molar-refractivity contribution in [1.82, 2.24) is 0 Å². The molecule has 1 aliphatic heterocycles. The lowest BCUT2D eigenvalue weighted by Crippen LogP contribution is -2.25. The molecule has 0 N–H and O–H groups in total. The predicted octanol–water partition coefficient (Wildman–Crippen LogP) is 15.8. The molecule has 61 heavy (non-hydrogen) atoms. The van der Waals surface area contributed by atoms with Gasteiger partial charge in [-0.25, -0.2) is 0 Å². The van der Waals surface area contributed by atoms with Crippen molar-refractivity contribution in [1.29, 1.82) is 0 Å². The molecular weight excluding hydrogens is 739 g/mol. The van der Waals surface area contributed by atoms with Crippen LogP contribution in [0.15, 0.2) is 224 Å². The minimum absolute atomic E-state index is 0.414. The molecule has 1 spiro atoms. The van der Waals surface area contributed by atoms with Crippen LogP contribution in [0.3, 0.4) is 0 Å². The standard InChI is InChI=1S/C59H37NO/c1-2-15-38(16-3-1)39-29-32-41(33-30-39)60(54-27-14-23-48-47-22-9-13-28-55(47)61-56-36-31-40-17-4-5-18-43(40)58(56)57(48)54)42-34-35-53-49(37-42)46-21-8-12-26-52(46)59(53)50-24-10-6-19-44(50)45-20-7-11-25-51(45)59/h1-37H. The van der Waals surface area contributed by atoms with Crippen LogP contribution in [-0.2, 0) is 5.41 Å². The van der Waals surface area contributed by atoms with Crippen LogP contribution < -0.4 is 9.64 Å². The number of hydrogen-bond acceptors (Lipinski definition) is 2. The fourth-order valence-electron chi connectivity index (χ4n) is 10.8. The summed E-state index contributed by atoms with van der Waals surface area (Å²) in [6.07, 6.45) is 0. The van der Waals surface area contributed by atoms with Crippen LogP contribution in [-0.4, -0.2) is 0 Å². The second-order valence-corrected chi connectivity index (χ2v) is 16.3. The Morgan fingerprint density at radius 1 is 0.328 bits per heavy atom. The van der Waals surface area contributed by atoms with Gasteiger partial charge in [0.25, 0.3) is 0 Å². The number of fused-ring (bicyclic) bond motifs is 17. The SMILES string of the molecule is c1ccc(-c2ccc(N(c3ccc4c(c3)-c3ccccc3C43c4ccccc4-c4ccccc43)c3cccc4c3-c3c(ccc5ccccc35)Oc3ccccc3-4)cc2)cc1. The molecule has 10 aromatic carbocycles. The Kier molecular flexibility index (Phi) is 7.26. The highest BCUT2D eigenvalue weighted by Gasteiger charge is 2.51. The molecule has 1 heterocycles. The fourth-order valence-corrected chi connectivity index (χ4v) is 10.8. The molecule has 0 aromatic heterocycles. The number of hydrogen-bond donors (Lipinski definition) is 0. The molecule has 0 saturated carbocycles. The van der Waals surface area contributed by atoms with Crippen molar-refractivity contribution < 1.29 is 4.74 Å². The molecule has 3 aliphatic rings. The van der Waals surface area contributed by atoms with Crippen LogP contribution in [0, 0.1) is 0 Å². The van der Waals surface area contributed by atoms with E-state index in [1.807, 2.05) is 0 Å². The smallest absolute Gasteiger partial charge is 0.136 e. The van der Waals surface area contributed by atoms with Crippen LogP contribution in [0.5, 0.6) is 11.5 Å². The van der Waals surface area contributed by atoms with Crippen LogP contribution in [0.25, 0.3) is 66.4 Å². The van der Waals surface area contributed by atoms with E-state index in [2.05, 4.69) is 229 Å². The van der Waals surface area contributed by atoms with Gasteiger partial charge in [-0.05, 0) is 114 Å². The van der Waals surface area contributed by atoms with Gasteiger partial charge in [0.1, 0.15) is 11.5 Å². The summed E-state index contributed by atoms with van der Waals surface area (Å²) in [5, 5.41) is 2.33. The van der Waals surface area contributed by atoms with E-state index in [-0.39, 0.29) is 0 Å². The van der Waals surface area contributed by atoms with E-state index in [4.69, 9.17) is 4.74 Å². The van der Waals surface area contributed by atoms with Crippen LogP contribution in [0.1, 0.15) is 22.3 Å². The lowest BCUT2D eigenvalue weighted by atomic mass is 9.70. The molecular formula is C59H37NO. The van der Waals surface area contributed by atoms with Gasteiger partial charge in [0.2, 0.25) is 0 Å². The molecule has 0 atom stereocenters. The van der Waals surface area contributed by atoms with Crippen molar-refractivity contribution >= 4 is 27.8 Å². The van der Waals surface area contributed by atoms with Crippen molar-refractivity contribution in [3.05, 3.63) is 247 Å². The maximum atomic E-state index is 6.90. The first kappa shape index (κ1) is 34.0. The van der Waals surface area contributed by atoms with Crippen molar-refractivity contribution in [3.8, 4) is 67.1 Å². The summed E-state index contributed by atoms with van der Waals surface area (Å²) in [6, 6.07) is 82.2. The molecule has 0 unspecified atom stereocenters. The van der Waals surface area contributed by atoms with E-state index in [0.29, 0.717) is 0 Å². The average molecular weight is 776 g/mol. The number of anilines is 3. The van der Waals surface area contributed by atoms with Gasteiger partial charge in [-0.2, -0.15) is 0 Å². The van der Waals surface area contributed by atoms with Gasteiger partial charge >= 0.3 is 0 Å². The Morgan fingerprint density at radius 2 is 0.885 bits per heavy atom. The zero-order chi connectivity index (χ0) is 40.1. The number of nitrogens with zero attached hydrogens (tertiary/aromatic N) is 1. The van der Waals surface area contributed by atoms with E-state index < -0.39 is 5.41 Å². The predicted molar refractivity (Wildman–Crippen MR) is 251 cm³/mol. The zero-order valence-corrected chi connectivity index (χ0v) is 33.2. The Balaban J connectivity index is 1.10. The van der Waals surface area contributed by atoms with Crippen molar-refractivity contribution in [2.75, 3.05) is 4.90 Å². The highest BCUT2D eigenvalue weighted by molar-refractivity contribution is 6.10. The normalized spacial score (nSPS) is 13.2. The lowest BCUT2D eigenvalue weighted by Gasteiger charge is -2.32. The van der Waals surface area contributed by atoms with Crippen molar-refractivity contribution in [2.24, 2.45) is 0 Å². The molecule has 10 aromatic rings. The number of ether oxygens (including phenoxy) is 1. The molecule has 0 saturated heterocycles. The monoisotopic (exact) mass is 775 g/mol. The summed E-state index contributed by atoms with van der Waals surface area (Å²) in [7, 11) is 0. The Hall–Kier alpha value is -7.94. The minimum Gasteiger partial charge on any atom is -0.456 e. The van der Waals surface area contributed by atoms with E-state index >= 15 is 0 Å². The molecule has 0 amide bonds. The molecule has 0 bridgehead atoms. The van der Waals surface area contributed by atoms with E-state index in [0.717, 1.165) is 56.2 Å². The molecule has 2 aliphatic carbocycles. The maximum Gasteiger partial charge on any atom is 0.136 e. The Morgan fingerprint density at radius 3 is 1.62 bits per heavy atom. The van der Waals surface area contributed by atoms with E-state index in [1.54, 1.807) is 0 Å². The Bertz CT molecular complexity index is 3350. The zero-order valence-electron chi connectivity index (χ0n) is 33.2. The molecule has 2 nitrogen and oxygen atoms in total. The summed E-state index contributed by atoms with van der Waals surface area (Å²) in [6.45, 7) is 0. The van der Waals surface area contributed by atoms with Gasteiger partial charge in [-0.15, -0.1) is 0 Å². The van der Waals surface area contributed by atoms with Crippen LogP contribution >= 0.6 is 0 Å². The third-order valence-corrected chi connectivity index (χ3v) is 13.3.